The van der Waals surface area contributed by atoms with Crippen LogP contribution in [0.25, 0.3) is 0 Å². The molecule has 0 radical (unpaired) electrons. The molecular weight excluding hydrogens is 291 g/mol. The summed E-state index contributed by atoms with van der Waals surface area (Å²) in [6.07, 6.45) is 1.42. The predicted molar refractivity (Wildman–Crippen MR) is 84.9 cm³/mol. The molecule has 3 heteroatoms. The van der Waals surface area contributed by atoms with Gasteiger partial charge in [0.25, 0.3) is 0 Å². The van der Waals surface area contributed by atoms with E-state index in [4.69, 9.17) is 23.2 Å². The van der Waals surface area contributed by atoms with E-state index in [1.165, 1.54) is 0 Å². The number of hydrogen-bond donors (Lipinski definition) is 0. The Morgan fingerprint density at radius 3 is 1.95 bits per heavy atom. The van der Waals surface area contributed by atoms with Crippen LogP contribution in [0.15, 0.2) is 48.5 Å². The molecule has 2 rings (SSSR count). The largest absolute Gasteiger partial charge is 0.294 e. The van der Waals surface area contributed by atoms with Crippen LogP contribution in [0.2, 0.25) is 10.0 Å². The van der Waals surface area contributed by atoms with E-state index in [-0.39, 0.29) is 11.7 Å². The Balaban J connectivity index is 2.11. The normalized spacial score (nSPS) is 12.2. The van der Waals surface area contributed by atoms with Crippen molar-refractivity contribution in [1.82, 2.24) is 0 Å². The molecule has 0 N–H and O–H groups in total. The van der Waals surface area contributed by atoms with Crippen molar-refractivity contribution in [2.45, 2.75) is 25.7 Å². The van der Waals surface area contributed by atoms with E-state index >= 15 is 0 Å². The second kappa shape index (κ2) is 6.92. The molecule has 0 amide bonds. The van der Waals surface area contributed by atoms with Crippen LogP contribution in [0, 0.1) is 0 Å². The van der Waals surface area contributed by atoms with E-state index < -0.39 is 0 Å². The molecule has 1 atom stereocenters. The lowest BCUT2D eigenvalue weighted by atomic mass is 9.89. The molecule has 0 bridgehead atoms. The van der Waals surface area contributed by atoms with Crippen LogP contribution in [-0.2, 0) is 0 Å². The summed E-state index contributed by atoms with van der Waals surface area (Å²) in [5, 5.41) is 1.36. The van der Waals surface area contributed by atoms with Crippen LogP contribution in [0.4, 0.5) is 0 Å². The Kier molecular flexibility index (Phi) is 5.22. The first kappa shape index (κ1) is 15.1. The average Bonchev–Trinajstić information content (AvgIpc) is 2.46. The molecule has 0 saturated heterocycles. The molecule has 2 aromatic rings. The van der Waals surface area contributed by atoms with Crippen LogP contribution >= 0.6 is 23.2 Å². The van der Waals surface area contributed by atoms with Crippen molar-refractivity contribution in [3.63, 3.8) is 0 Å². The summed E-state index contributed by atoms with van der Waals surface area (Å²) in [4.78, 5) is 12.3. The third kappa shape index (κ3) is 3.84. The maximum Gasteiger partial charge on any atom is 0.163 e. The highest BCUT2D eigenvalue weighted by Crippen LogP contribution is 2.26. The van der Waals surface area contributed by atoms with Crippen LogP contribution in [0.3, 0.4) is 0 Å². The van der Waals surface area contributed by atoms with Gasteiger partial charge in [-0.25, -0.2) is 0 Å². The van der Waals surface area contributed by atoms with Gasteiger partial charge in [0.1, 0.15) is 0 Å². The molecule has 0 spiro atoms. The lowest BCUT2D eigenvalue weighted by Crippen LogP contribution is -2.07. The molecular formula is C17H16Cl2O. The van der Waals surface area contributed by atoms with E-state index in [9.17, 15) is 4.79 Å². The van der Waals surface area contributed by atoms with Gasteiger partial charge in [0.15, 0.2) is 5.78 Å². The van der Waals surface area contributed by atoms with E-state index in [1.807, 2.05) is 24.3 Å². The zero-order valence-electron chi connectivity index (χ0n) is 11.3. The van der Waals surface area contributed by atoms with Crippen molar-refractivity contribution in [2.24, 2.45) is 0 Å². The van der Waals surface area contributed by atoms with Crippen LogP contribution < -0.4 is 0 Å². The summed E-state index contributed by atoms with van der Waals surface area (Å²) >= 11 is 11.7. The topological polar surface area (TPSA) is 17.1 Å². The van der Waals surface area contributed by atoms with Crippen molar-refractivity contribution in [3.05, 3.63) is 69.7 Å². The van der Waals surface area contributed by atoms with E-state index in [2.05, 4.69) is 6.92 Å². The number of Topliss-reactive ketones (excluding diaryl/α,β-unsaturated/α-hetero) is 1. The van der Waals surface area contributed by atoms with Crippen LogP contribution in [0.5, 0.6) is 0 Å². The van der Waals surface area contributed by atoms with E-state index in [1.54, 1.807) is 24.3 Å². The van der Waals surface area contributed by atoms with Gasteiger partial charge in [-0.3, -0.25) is 4.79 Å². The van der Waals surface area contributed by atoms with E-state index in [0.29, 0.717) is 22.0 Å². The lowest BCUT2D eigenvalue weighted by molar-refractivity contribution is 0.0973. The zero-order chi connectivity index (χ0) is 14.5. The standard InChI is InChI=1S/C17H16Cl2O/c1-2-12(13-3-7-15(18)8-4-13)11-17(20)14-5-9-16(19)10-6-14/h3-10,12H,2,11H2,1H3/t12-/m1/s1. The molecule has 0 aliphatic heterocycles. The van der Waals surface area contributed by atoms with Crippen molar-refractivity contribution in [2.75, 3.05) is 0 Å². The summed E-state index contributed by atoms with van der Waals surface area (Å²) in [7, 11) is 0. The number of halogens is 2. The van der Waals surface area contributed by atoms with Gasteiger partial charge >= 0.3 is 0 Å². The van der Waals surface area contributed by atoms with Crippen LogP contribution in [0.1, 0.15) is 41.6 Å². The highest BCUT2D eigenvalue weighted by atomic mass is 35.5. The van der Waals surface area contributed by atoms with E-state index in [0.717, 1.165) is 12.0 Å². The molecule has 0 aliphatic rings. The highest BCUT2D eigenvalue weighted by Gasteiger charge is 2.15. The minimum absolute atomic E-state index is 0.142. The molecule has 0 heterocycles. The fraction of sp³-hybridized carbons (Fsp3) is 0.235. The maximum atomic E-state index is 12.3. The van der Waals surface area contributed by atoms with Crippen LogP contribution in [-0.4, -0.2) is 5.78 Å². The molecule has 0 aromatic heterocycles. The predicted octanol–water partition coefficient (Wildman–Crippen LogP) is 5.76. The van der Waals surface area contributed by atoms with Gasteiger partial charge in [0.05, 0.1) is 0 Å². The number of carbonyl (C=O) groups excluding carboxylic acids is 1. The summed E-state index contributed by atoms with van der Waals surface area (Å²) < 4.78 is 0. The molecule has 104 valence electrons. The number of benzene rings is 2. The minimum Gasteiger partial charge on any atom is -0.294 e. The van der Waals surface area contributed by atoms with Crippen molar-refractivity contribution < 1.29 is 4.79 Å². The smallest absolute Gasteiger partial charge is 0.163 e. The summed E-state index contributed by atoms with van der Waals surface area (Å²) in [5.74, 6) is 0.360. The fourth-order valence-electron chi connectivity index (χ4n) is 2.21. The molecule has 0 fully saturated rings. The highest BCUT2D eigenvalue weighted by molar-refractivity contribution is 6.30. The quantitative estimate of drug-likeness (QED) is 0.642. The van der Waals surface area contributed by atoms with Gasteiger partial charge in [0.2, 0.25) is 0 Å². The number of ketones is 1. The van der Waals surface area contributed by atoms with Gasteiger partial charge in [-0.1, -0.05) is 42.3 Å². The number of hydrogen-bond acceptors (Lipinski definition) is 1. The van der Waals surface area contributed by atoms with Gasteiger partial charge in [0, 0.05) is 22.0 Å². The second-order valence-electron chi connectivity index (χ2n) is 4.79. The first-order valence-corrected chi connectivity index (χ1v) is 7.40. The molecule has 2 aromatic carbocycles. The molecule has 1 nitrogen and oxygen atoms in total. The Morgan fingerprint density at radius 1 is 0.950 bits per heavy atom. The van der Waals surface area contributed by atoms with Gasteiger partial charge in [-0.05, 0) is 54.3 Å². The summed E-state index contributed by atoms with van der Waals surface area (Å²) in [6, 6.07) is 14.8. The third-order valence-electron chi connectivity index (χ3n) is 3.43. The van der Waals surface area contributed by atoms with Gasteiger partial charge in [-0.2, -0.15) is 0 Å². The third-order valence-corrected chi connectivity index (χ3v) is 3.94. The monoisotopic (exact) mass is 306 g/mol. The molecule has 0 saturated carbocycles. The average molecular weight is 307 g/mol. The Labute approximate surface area is 129 Å². The summed E-state index contributed by atoms with van der Waals surface area (Å²) in [6.45, 7) is 2.09. The molecule has 20 heavy (non-hydrogen) atoms. The minimum atomic E-state index is 0.142. The number of rotatable bonds is 5. The Bertz CT molecular complexity index is 573. The number of carbonyl (C=O) groups is 1. The van der Waals surface area contributed by atoms with Crippen molar-refractivity contribution in [1.29, 1.82) is 0 Å². The first-order valence-electron chi connectivity index (χ1n) is 6.64. The fourth-order valence-corrected chi connectivity index (χ4v) is 2.46. The van der Waals surface area contributed by atoms with Gasteiger partial charge < -0.3 is 0 Å². The SMILES string of the molecule is CC[C@H](CC(=O)c1ccc(Cl)cc1)c1ccc(Cl)cc1. The Morgan fingerprint density at radius 2 is 1.45 bits per heavy atom. The lowest BCUT2D eigenvalue weighted by Gasteiger charge is -2.14. The zero-order valence-corrected chi connectivity index (χ0v) is 12.8. The molecule has 0 unspecified atom stereocenters. The molecule has 0 aliphatic carbocycles. The second-order valence-corrected chi connectivity index (χ2v) is 5.66. The van der Waals surface area contributed by atoms with Crippen molar-refractivity contribution in [3.8, 4) is 0 Å². The first-order chi connectivity index (χ1) is 9.60. The van der Waals surface area contributed by atoms with Crippen molar-refractivity contribution >= 4 is 29.0 Å². The maximum absolute atomic E-state index is 12.3. The van der Waals surface area contributed by atoms with Gasteiger partial charge in [-0.15, -0.1) is 0 Å². The summed E-state index contributed by atoms with van der Waals surface area (Å²) in [5.41, 5.74) is 1.86. The Hall–Kier alpha value is -1.31.